The molecule has 0 aliphatic carbocycles. The fraction of sp³-hybridized carbons (Fsp3) is 0. The van der Waals surface area contributed by atoms with Crippen LogP contribution in [-0.4, -0.2) is 19.1 Å². The highest BCUT2D eigenvalue weighted by molar-refractivity contribution is 6.14. The van der Waals surface area contributed by atoms with Crippen LogP contribution >= 0.6 is 0 Å². The molecule has 0 aliphatic rings. The normalized spacial score (nSPS) is 11.4. The van der Waals surface area contributed by atoms with Crippen molar-refractivity contribution in [1.29, 1.82) is 0 Å². The molecule has 6 aromatic carbocycles. The molecule has 250 valence electrons. The number of hydrogen-bond donors (Lipinski definition) is 0. The van der Waals surface area contributed by atoms with Gasteiger partial charge in [-0.1, -0.05) is 66.7 Å². The maximum Gasteiger partial charge on any atom is 0.0701 e. The van der Waals surface area contributed by atoms with E-state index in [1.54, 1.807) is 0 Å². The average Bonchev–Trinajstić information content (AvgIpc) is 3.80. The molecule has 4 heterocycles. The fourth-order valence-corrected chi connectivity index (χ4v) is 7.55. The zero-order valence-corrected chi connectivity index (χ0v) is 28.8. The highest BCUT2D eigenvalue weighted by Gasteiger charge is 2.19. The molecule has 0 unspecified atom stereocenters. The van der Waals surface area contributed by atoms with Gasteiger partial charge in [-0.2, -0.15) is 0 Å². The fourth-order valence-electron chi connectivity index (χ4n) is 7.55. The van der Waals surface area contributed by atoms with Crippen LogP contribution in [0, 0.1) is 0 Å². The first-order valence-corrected chi connectivity index (χ1v) is 17.8. The number of fused-ring (bicyclic) bond motifs is 4. The number of nitrogens with zero attached hydrogens (tertiary/aromatic N) is 5. The Labute approximate surface area is 307 Å². The molecular formula is C48H33N5. The molecule has 0 N–H and O–H groups in total. The maximum absolute atomic E-state index is 4.59. The van der Waals surface area contributed by atoms with Gasteiger partial charge in [-0.15, -0.1) is 0 Å². The van der Waals surface area contributed by atoms with E-state index in [2.05, 4.69) is 176 Å². The van der Waals surface area contributed by atoms with Crippen LogP contribution in [0.15, 0.2) is 201 Å². The van der Waals surface area contributed by atoms with Crippen LogP contribution in [0.25, 0.3) is 66.5 Å². The van der Waals surface area contributed by atoms with Crippen LogP contribution < -0.4 is 4.90 Å². The maximum atomic E-state index is 4.59. The predicted molar refractivity (Wildman–Crippen MR) is 219 cm³/mol. The van der Waals surface area contributed by atoms with E-state index in [0.717, 1.165) is 56.3 Å². The third-order valence-corrected chi connectivity index (χ3v) is 10.1. The topological polar surface area (TPSA) is 38.9 Å². The van der Waals surface area contributed by atoms with Crippen LogP contribution in [0.3, 0.4) is 0 Å². The van der Waals surface area contributed by atoms with Gasteiger partial charge < -0.3 is 14.0 Å². The van der Waals surface area contributed by atoms with Crippen molar-refractivity contribution >= 4 is 49.8 Å². The molecule has 0 bridgehead atoms. The third-order valence-electron chi connectivity index (χ3n) is 10.1. The summed E-state index contributed by atoms with van der Waals surface area (Å²) in [5.74, 6) is 0. The molecule has 10 aromatic rings. The van der Waals surface area contributed by atoms with Gasteiger partial charge in [0.2, 0.25) is 0 Å². The first-order valence-electron chi connectivity index (χ1n) is 17.8. The Morgan fingerprint density at radius 3 is 1.74 bits per heavy atom. The molecule has 4 aromatic heterocycles. The first-order chi connectivity index (χ1) is 26.3. The number of aromatic nitrogens is 4. The van der Waals surface area contributed by atoms with Gasteiger partial charge in [0, 0.05) is 74.9 Å². The van der Waals surface area contributed by atoms with Crippen molar-refractivity contribution in [1.82, 2.24) is 19.1 Å². The molecule has 0 radical (unpaired) electrons. The molecule has 0 fully saturated rings. The molecule has 53 heavy (non-hydrogen) atoms. The van der Waals surface area contributed by atoms with Crippen molar-refractivity contribution in [3.05, 3.63) is 201 Å². The second-order valence-corrected chi connectivity index (χ2v) is 13.2. The van der Waals surface area contributed by atoms with E-state index in [-0.39, 0.29) is 0 Å². The summed E-state index contributed by atoms with van der Waals surface area (Å²) >= 11 is 0. The van der Waals surface area contributed by atoms with Crippen LogP contribution in [0.2, 0.25) is 0 Å². The van der Waals surface area contributed by atoms with Gasteiger partial charge in [0.15, 0.2) is 0 Å². The lowest BCUT2D eigenvalue weighted by Gasteiger charge is -2.26. The van der Waals surface area contributed by atoms with E-state index in [1.807, 2.05) is 48.9 Å². The Morgan fingerprint density at radius 1 is 0.415 bits per heavy atom. The Bertz CT molecular complexity index is 2760. The molecule has 0 saturated carbocycles. The lowest BCUT2D eigenvalue weighted by Crippen LogP contribution is -2.10. The molecule has 0 atom stereocenters. The van der Waals surface area contributed by atoms with E-state index >= 15 is 0 Å². The minimum Gasteiger partial charge on any atom is -0.317 e. The summed E-state index contributed by atoms with van der Waals surface area (Å²) in [7, 11) is 0. The first kappa shape index (κ1) is 30.6. The summed E-state index contributed by atoms with van der Waals surface area (Å²) in [5.41, 5.74) is 13.3. The SMILES string of the molecule is c1ccc(-n2ccc3cc4c(cc32)c2cc(N(c3ccc(-c5ccncc5)cc3)c3ccc(-c5ccccn5)cc3)ccc2n4-c2ccccc2)cc1. The van der Waals surface area contributed by atoms with Crippen LogP contribution in [-0.2, 0) is 0 Å². The van der Waals surface area contributed by atoms with E-state index in [1.165, 1.54) is 27.2 Å². The minimum atomic E-state index is 0.953. The molecular weight excluding hydrogens is 647 g/mol. The summed E-state index contributed by atoms with van der Waals surface area (Å²) in [4.78, 5) is 11.1. The van der Waals surface area contributed by atoms with Gasteiger partial charge in [0.05, 0.1) is 22.2 Å². The molecule has 0 saturated heterocycles. The Kier molecular flexibility index (Phi) is 7.40. The predicted octanol–water partition coefficient (Wildman–Crippen LogP) is 12.3. The number of rotatable bonds is 7. The lowest BCUT2D eigenvalue weighted by atomic mass is 10.0. The summed E-state index contributed by atoms with van der Waals surface area (Å²) in [5, 5.41) is 3.59. The molecule has 0 amide bonds. The molecule has 5 heteroatoms. The molecule has 5 nitrogen and oxygen atoms in total. The van der Waals surface area contributed by atoms with Gasteiger partial charge in [-0.3, -0.25) is 9.97 Å². The summed E-state index contributed by atoms with van der Waals surface area (Å²) in [6, 6.07) is 62.6. The summed E-state index contributed by atoms with van der Waals surface area (Å²) in [6.45, 7) is 0. The van der Waals surface area contributed by atoms with Gasteiger partial charge >= 0.3 is 0 Å². The van der Waals surface area contributed by atoms with Crippen molar-refractivity contribution < 1.29 is 0 Å². The van der Waals surface area contributed by atoms with Crippen LogP contribution in [0.1, 0.15) is 0 Å². The van der Waals surface area contributed by atoms with Crippen LogP contribution in [0.4, 0.5) is 17.1 Å². The van der Waals surface area contributed by atoms with Crippen molar-refractivity contribution in [2.45, 2.75) is 0 Å². The summed E-state index contributed by atoms with van der Waals surface area (Å²) in [6.07, 6.45) is 7.69. The zero-order chi connectivity index (χ0) is 35.1. The number of benzene rings is 6. The monoisotopic (exact) mass is 679 g/mol. The Morgan fingerprint density at radius 2 is 1.04 bits per heavy atom. The van der Waals surface area contributed by atoms with Crippen molar-refractivity contribution in [3.8, 4) is 33.8 Å². The largest absolute Gasteiger partial charge is 0.317 e. The van der Waals surface area contributed by atoms with Crippen molar-refractivity contribution in [3.63, 3.8) is 0 Å². The molecule has 0 aliphatic heterocycles. The van der Waals surface area contributed by atoms with E-state index in [0.29, 0.717) is 0 Å². The standard InChI is InChI=1S/C48H33N5/c1-3-9-38(10-4-1)51-30-26-37-31-48-44(33-47(37)51)43-32-42(22-23-46(43)53(48)39-11-5-2-6-12-39)52(40-18-14-34(15-19-40)35-24-28-49-29-25-35)41-20-16-36(17-21-41)45-13-7-8-27-50-45/h1-33H. The van der Waals surface area contributed by atoms with E-state index < -0.39 is 0 Å². The molecule has 10 rings (SSSR count). The lowest BCUT2D eigenvalue weighted by molar-refractivity contribution is 1.13. The van der Waals surface area contributed by atoms with Crippen LogP contribution in [0.5, 0.6) is 0 Å². The summed E-state index contributed by atoms with van der Waals surface area (Å²) < 4.78 is 4.67. The third kappa shape index (κ3) is 5.43. The van der Waals surface area contributed by atoms with E-state index in [4.69, 9.17) is 0 Å². The second-order valence-electron chi connectivity index (χ2n) is 13.2. The van der Waals surface area contributed by atoms with Crippen molar-refractivity contribution in [2.75, 3.05) is 4.90 Å². The highest BCUT2D eigenvalue weighted by Crippen LogP contribution is 2.42. The number of hydrogen-bond acceptors (Lipinski definition) is 3. The van der Waals surface area contributed by atoms with Gasteiger partial charge in [0.25, 0.3) is 0 Å². The Balaban J connectivity index is 1.18. The smallest absolute Gasteiger partial charge is 0.0701 e. The number of para-hydroxylation sites is 2. The Hall–Kier alpha value is -7.24. The zero-order valence-electron chi connectivity index (χ0n) is 28.8. The van der Waals surface area contributed by atoms with Crippen molar-refractivity contribution in [2.24, 2.45) is 0 Å². The second kappa shape index (κ2) is 12.8. The number of pyridine rings is 2. The quantitative estimate of drug-likeness (QED) is 0.168. The van der Waals surface area contributed by atoms with Gasteiger partial charge in [-0.25, -0.2) is 0 Å². The van der Waals surface area contributed by atoms with Gasteiger partial charge in [0.1, 0.15) is 0 Å². The van der Waals surface area contributed by atoms with Gasteiger partial charge in [-0.05, 0) is 120 Å². The highest BCUT2D eigenvalue weighted by atomic mass is 15.1. The molecule has 0 spiro atoms. The average molecular weight is 680 g/mol. The number of anilines is 3. The van der Waals surface area contributed by atoms with E-state index in [9.17, 15) is 0 Å². The minimum absolute atomic E-state index is 0.953.